The summed E-state index contributed by atoms with van der Waals surface area (Å²) in [5, 5.41) is 8.23. The van der Waals surface area contributed by atoms with E-state index in [4.69, 9.17) is 9.26 Å². The molecule has 1 saturated heterocycles. The average Bonchev–Trinajstić information content (AvgIpc) is 3.45. The highest BCUT2D eigenvalue weighted by molar-refractivity contribution is 5.47. The third-order valence-corrected chi connectivity index (χ3v) is 5.10. The quantitative estimate of drug-likeness (QED) is 0.520. The molecule has 10 heteroatoms. The van der Waals surface area contributed by atoms with Crippen molar-refractivity contribution in [3.63, 3.8) is 0 Å². The number of hydrogen-bond acceptors (Lipinski definition) is 7. The van der Waals surface area contributed by atoms with Gasteiger partial charge in [0.05, 0.1) is 18.4 Å². The van der Waals surface area contributed by atoms with E-state index in [1.165, 1.54) is 33.9 Å². The molecule has 0 aliphatic carbocycles. The van der Waals surface area contributed by atoms with Crippen molar-refractivity contribution in [2.45, 2.75) is 31.9 Å². The van der Waals surface area contributed by atoms with E-state index in [1.54, 1.807) is 19.1 Å². The Kier molecular flexibility index (Phi) is 4.20. The van der Waals surface area contributed by atoms with Gasteiger partial charge >= 0.3 is 0 Å². The first-order chi connectivity index (χ1) is 14.1. The third kappa shape index (κ3) is 3.21. The molecule has 0 saturated carbocycles. The minimum atomic E-state index is -0.278. The van der Waals surface area contributed by atoms with E-state index < -0.39 is 0 Å². The van der Waals surface area contributed by atoms with Gasteiger partial charge in [-0.2, -0.15) is 10.1 Å². The maximum atomic E-state index is 13.1. The van der Waals surface area contributed by atoms with Gasteiger partial charge in [-0.1, -0.05) is 17.3 Å². The van der Waals surface area contributed by atoms with Crippen LogP contribution in [0.25, 0.3) is 5.52 Å². The van der Waals surface area contributed by atoms with Gasteiger partial charge in [0.25, 0.3) is 5.56 Å². The molecule has 1 aliphatic rings. The number of aromatic nitrogens is 6. The Bertz CT molecular complexity index is 1230. The van der Waals surface area contributed by atoms with Crippen LogP contribution < -0.4 is 5.56 Å². The Morgan fingerprint density at radius 3 is 2.90 bits per heavy atom. The molecule has 0 unspecified atom stereocenters. The fourth-order valence-corrected chi connectivity index (χ4v) is 3.55. The van der Waals surface area contributed by atoms with Crippen LogP contribution in [-0.2, 0) is 11.3 Å². The van der Waals surface area contributed by atoms with Gasteiger partial charge in [-0.25, -0.2) is 13.9 Å². The molecule has 0 bridgehead atoms. The van der Waals surface area contributed by atoms with Crippen molar-refractivity contribution in [1.29, 1.82) is 0 Å². The van der Waals surface area contributed by atoms with E-state index in [9.17, 15) is 9.18 Å². The minimum Gasteiger partial charge on any atom is -0.373 e. The van der Waals surface area contributed by atoms with E-state index in [0.717, 1.165) is 5.56 Å². The van der Waals surface area contributed by atoms with Gasteiger partial charge in [0, 0.05) is 5.92 Å². The van der Waals surface area contributed by atoms with Crippen molar-refractivity contribution < 1.29 is 13.7 Å². The molecule has 9 nitrogen and oxygen atoms in total. The molecule has 29 heavy (non-hydrogen) atoms. The van der Waals surface area contributed by atoms with Crippen molar-refractivity contribution in [3.05, 3.63) is 76.1 Å². The molecule has 1 fully saturated rings. The SMILES string of the molecule is Cc1ncn2ncn(Cc3nc([C@@H]4CO[C@@H](c5ccc(F)cc5)C4)no3)c(=O)c12. The number of halogens is 1. The maximum Gasteiger partial charge on any atom is 0.280 e. The third-order valence-electron chi connectivity index (χ3n) is 5.10. The number of benzene rings is 1. The number of nitrogens with zero attached hydrogens (tertiary/aromatic N) is 6. The van der Waals surface area contributed by atoms with Gasteiger partial charge in [0.2, 0.25) is 5.89 Å². The highest BCUT2D eigenvalue weighted by Crippen LogP contribution is 2.37. The average molecular weight is 396 g/mol. The molecule has 3 aromatic heterocycles. The molecule has 1 aromatic carbocycles. The molecule has 148 valence electrons. The van der Waals surface area contributed by atoms with Crippen LogP contribution in [0, 0.1) is 12.7 Å². The van der Waals surface area contributed by atoms with Crippen LogP contribution in [0.1, 0.15) is 41.4 Å². The zero-order valence-corrected chi connectivity index (χ0v) is 15.5. The van der Waals surface area contributed by atoms with Crippen LogP contribution in [-0.4, -0.2) is 35.9 Å². The Labute approximate surface area is 163 Å². The zero-order valence-electron chi connectivity index (χ0n) is 15.5. The lowest BCUT2D eigenvalue weighted by Gasteiger charge is -2.08. The number of ether oxygens (including phenoxy) is 1. The Morgan fingerprint density at radius 2 is 2.07 bits per heavy atom. The van der Waals surface area contributed by atoms with Crippen molar-refractivity contribution in [2.75, 3.05) is 6.61 Å². The molecule has 0 amide bonds. The van der Waals surface area contributed by atoms with E-state index in [-0.39, 0.29) is 29.9 Å². The Morgan fingerprint density at radius 1 is 1.24 bits per heavy atom. The van der Waals surface area contributed by atoms with E-state index >= 15 is 0 Å². The number of aryl methyl sites for hydroxylation is 1. The van der Waals surface area contributed by atoms with Gasteiger partial charge in [-0.15, -0.1) is 0 Å². The Hall–Kier alpha value is -3.40. The molecule has 0 radical (unpaired) electrons. The van der Waals surface area contributed by atoms with E-state index in [1.807, 2.05) is 0 Å². The van der Waals surface area contributed by atoms with E-state index in [2.05, 4.69) is 20.2 Å². The zero-order chi connectivity index (χ0) is 20.0. The second kappa shape index (κ2) is 6.89. The highest BCUT2D eigenvalue weighted by atomic mass is 19.1. The van der Waals surface area contributed by atoms with E-state index in [0.29, 0.717) is 36.0 Å². The van der Waals surface area contributed by atoms with Crippen LogP contribution in [0.15, 0.2) is 46.2 Å². The summed E-state index contributed by atoms with van der Waals surface area (Å²) in [6.07, 6.45) is 3.46. The number of imidazole rings is 1. The van der Waals surface area contributed by atoms with Gasteiger partial charge in [0.1, 0.15) is 25.0 Å². The lowest BCUT2D eigenvalue weighted by atomic mass is 10.00. The van der Waals surface area contributed by atoms with Crippen molar-refractivity contribution in [2.24, 2.45) is 0 Å². The first kappa shape index (κ1) is 17.7. The summed E-state index contributed by atoms with van der Waals surface area (Å²) >= 11 is 0. The largest absolute Gasteiger partial charge is 0.373 e. The second-order valence-corrected chi connectivity index (χ2v) is 7.04. The van der Waals surface area contributed by atoms with Crippen LogP contribution in [0.5, 0.6) is 0 Å². The Balaban J connectivity index is 1.32. The van der Waals surface area contributed by atoms with Crippen molar-refractivity contribution in [1.82, 2.24) is 29.3 Å². The maximum absolute atomic E-state index is 13.1. The summed E-state index contributed by atoms with van der Waals surface area (Å²) in [4.78, 5) is 21.2. The topological polar surface area (TPSA) is 100 Å². The molecule has 1 aliphatic heterocycles. The molecule has 0 spiro atoms. The summed E-state index contributed by atoms with van der Waals surface area (Å²) in [7, 11) is 0. The summed E-state index contributed by atoms with van der Waals surface area (Å²) in [6, 6.07) is 6.28. The highest BCUT2D eigenvalue weighted by Gasteiger charge is 2.31. The molecule has 0 N–H and O–H groups in total. The molecular weight excluding hydrogens is 379 g/mol. The predicted octanol–water partition coefficient (Wildman–Crippen LogP) is 2.02. The fourth-order valence-electron chi connectivity index (χ4n) is 3.55. The van der Waals surface area contributed by atoms with Gasteiger partial charge in [-0.3, -0.25) is 9.36 Å². The van der Waals surface area contributed by atoms with Crippen LogP contribution in [0.4, 0.5) is 4.39 Å². The number of fused-ring (bicyclic) bond motifs is 1. The summed E-state index contributed by atoms with van der Waals surface area (Å²) in [5.41, 5.74) is 1.71. The number of hydrogen-bond donors (Lipinski definition) is 0. The first-order valence-electron chi connectivity index (χ1n) is 9.17. The smallest absolute Gasteiger partial charge is 0.280 e. The van der Waals surface area contributed by atoms with Crippen LogP contribution in [0.2, 0.25) is 0 Å². The lowest BCUT2D eigenvalue weighted by molar-refractivity contribution is 0.110. The van der Waals surface area contributed by atoms with Gasteiger partial charge in [-0.05, 0) is 31.0 Å². The summed E-state index contributed by atoms with van der Waals surface area (Å²) in [5.74, 6) is 0.542. The summed E-state index contributed by atoms with van der Waals surface area (Å²) < 4.78 is 27.1. The molecule has 5 rings (SSSR count). The monoisotopic (exact) mass is 396 g/mol. The molecule has 4 heterocycles. The van der Waals surface area contributed by atoms with Gasteiger partial charge in [0.15, 0.2) is 11.3 Å². The van der Waals surface area contributed by atoms with Crippen molar-refractivity contribution >= 4 is 5.52 Å². The van der Waals surface area contributed by atoms with Gasteiger partial charge < -0.3 is 9.26 Å². The molecule has 4 aromatic rings. The standard InChI is InChI=1S/C19H17FN6O3/c1-11-17-19(27)25(10-22-26(17)9-21-11)7-16-23-18(24-29-16)13-6-15(28-8-13)12-2-4-14(20)5-3-12/h2-5,9-10,13,15H,6-8H2,1H3/t13-,15+/m0/s1. The van der Waals surface area contributed by atoms with Crippen LogP contribution in [0.3, 0.4) is 0 Å². The number of rotatable bonds is 4. The fraction of sp³-hybridized carbons (Fsp3) is 0.316. The predicted molar refractivity (Wildman–Crippen MR) is 97.8 cm³/mol. The molecular formula is C19H17FN6O3. The molecule has 2 atom stereocenters. The minimum absolute atomic E-state index is 0.0306. The van der Waals surface area contributed by atoms with Crippen molar-refractivity contribution in [3.8, 4) is 0 Å². The summed E-state index contributed by atoms with van der Waals surface area (Å²) in [6.45, 7) is 2.32. The van der Waals surface area contributed by atoms with Crippen LogP contribution >= 0.6 is 0 Å². The first-order valence-corrected chi connectivity index (χ1v) is 9.17. The normalized spacial score (nSPS) is 19.2. The second-order valence-electron chi connectivity index (χ2n) is 7.04. The lowest BCUT2D eigenvalue weighted by Crippen LogP contribution is -2.23.